The van der Waals surface area contributed by atoms with Crippen molar-refractivity contribution in [3.8, 4) is 0 Å². The molecule has 0 radical (unpaired) electrons. The first-order valence-corrected chi connectivity index (χ1v) is 9.44. The van der Waals surface area contributed by atoms with Gasteiger partial charge in [0.15, 0.2) is 11.5 Å². The molecule has 1 saturated carbocycles. The molecule has 2 aliphatic rings. The molecule has 2 aromatic heterocycles. The minimum atomic E-state index is -0.534. The number of aliphatic hydroxyl groups excluding tert-OH is 1. The second kappa shape index (κ2) is 6.52. The van der Waals surface area contributed by atoms with E-state index in [4.69, 9.17) is 4.42 Å². The summed E-state index contributed by atoms with van der Waals surface area (Å²) >= 11 is 1.49. The number of aliphatic hydroxyl groups is 1. The number of rotatable bonds is 4. The van der Waals surface area contributed by atoms with Crippen LogP contribution in [0, 0.1) is 0 Å². The van der Waals surface area contributed by atoms with Crippen LogP contribution in [0.2, 0.25) is 0 Å². The standard InChI is InChI=1S/C19H19NO4S/c21-17(13-8-4-10-24-13)15-16(14-9-5-11-25-14)20(19(23)18(15)22)12-6-2-1-3-7-12/h4-5,8-12,16,22H,1-3,6-7H2. The predicted molar refractivity (Wildman–Crippen MR) is 93.5 cm³/mol. The lowest BCUT2D eigenvalue weighted by atomic mass is 9.92. The first kappa shape index (κ1) is 16.1. The van der Waals surface area contributed by atoms with Gasteiger partial charge in [-0.2, -0.15) is 0 Å². The van der Waals surface area contributed by atoms with Crippen molar-refractivity contribution in [2.45, 2.75) is 44.2 Å². The molecule has 1 aliphatic carbocycles. The van der Waals surface area contributed by atoms with Crippen molar-refractivity contribution in [1.82, 2.24) is 4.90 Å². The van der Waals surface area contributed by atoms with Crippen molar-refractivity contribution in [2.24, 2.45) is 0 Å². The van der Waals surface area contributed by atoms with Crippen LogP contribution in [0.15, 0.2) is 51.7 Å². The Morgan fingerprint density at radius 3 is 2.64 bits per heavy atom. The number of furan rings is 1. The smallest absolute Gasteiger partial charge is 0.290 e. The molecule has 1 atom stereocenters. The van der Waals surface area contributed by atoms with Crippen molar-refractivity contribution in [1.29, 1.82) is 0 Å². The first-order valence-electron chi connectivity index (χ1n) is 8.56. The molecule has 1 fully saturated rings. The van der Waals surface area contributed by atoms with E-state index < -0.39 is 23.5 Å². The molecule has 0 aromatic carbocycles. The number of carbonyl (C=O) groups excluding carboxylic acids is 2. The molecule has 0 saturated heterocycles. The zero-order valence-electron chi connectivity index (χ0n) is 13.7. The van der Waals surface area contributed by atoms with Gasteiger partial charge < -0.3 is 14.4 Å². The van der Waals surface area contributed by atoms with Crippen LogP contribution in [0.5, 0.6) is 0 Å². The van der Waals surface area contributed by atoms with Crippen LogP contribution in [0.4, 0.5) is 0 Å². The molecule has 0 spiro atoms. The highest BCUT2D eigenvalue weighted by Crippen LogP contribution is 2.44. The fourth-order valence-corrected chi connectivity index (χ4v) is 4.69. The summed E-state index contributed by atoms with van der Waals surface area (Å²) in [5.41, 5.74) is 0.132. The molecule has 4 rings (SSSR count). The summed E-state index contributed by atoms with van der Waals surface area (Å²) in [4.78, 5) is 28.4. The quantitative estimate of drug-likeness (QED) is 0.830. The van der Waals surface area contributed by atoms with E-state index in [1.165, 1.54) is 24.0 Å². The van der Waals surface area contributed by atoms with Crippen molar-refractivity contribution >= 4 is 23.0 Å². The van der Waals surface area contributed by atoms with E-state index in [1.54, 1.807) is 17.0 Å². The third-order valence-corrected chi connectivity index (χ3v) is 5.94. The topological polar surface area (TPSA) is 70.8 Å². The highest BCUT2D eigenvalue weighted by Gasteiger charge is 2.47. The molecule has 3 heterocycles. The molecule has 130 valence electrons. The van der Waals surface area contributed by atoms with E-state index in [2.05, 4.69) is 0 Å². The monoisotopic (exact) mass is 357 g/mol. The van der Waals surface area contributed by atoms with E-state index in [9.17, 15) is 14.7 Å². The van der Waals surface area contributed by atoms with Gasteiger partial charge in [0.25, 0.3) is 5.91 Å². The van der Waals surface area contributed by atoms with E-state index in [0.29, 0.717) is 0 Å². The molecule has 6 heteroatoms. The first-order chi connectivity index (χ1) is 12.2. The van der Waals surface area contributed by atoms with Gasteiger partial charge >= 0.3 is 0 Å². The molecule has 1 unspecified atom stereocenters. The molecule has 1 N–H and O–H groups in total. The van der Waals surface area contributed by atoms with Crippen LogP contribution in [0.3, 0.4) is 0 Å². The summed E-state index contributed by atoms with van der Waals surface area (Å²) < 4.78 is 5.22. The van der Waals surface area contributed by atoms with Crippen LogP contribution < -0.4 is 0 Å². The van der Waals surface area contributed by atoms with Gasteiger partial charge in [0.1, 0.15) is 6.04 Å². The number of ketones is 1. The van der Waals surface area contributed by atoms with Gasteiger partial charge in [0.05, 0.1) is 11.8 Å². The molecule has 1 aliphatic heterocycles. The lowest BCUT2D eigenvalue weighted by molar-refractivity contribution is -0.132. The number of carbonyl (C=O) groups is 2. The van der Waals surface area contributed by atoms with E-state index >= 15 is 0 Å². The molecule has 2 aromatic rings. The second-order valence-corrected chi connectivity index (χ2v) is 7.47. The van der Waals surface area contributed by atoms with E-state index in [1.807, 2.05) is 17.5 Å². The average molecular weight is 357 g/mol. The molecular weight excluding hydrogens is 338 g/mol. The number of nitrogens with zero attached hydrogens (tertiary/aromatic N) is 1. The van der Waals surface area contributed by atoms with Gasteiger partial charge in [-0.1, -0.05) is 25.3 Å². The van der Waals surface area contributed by atoms with Crippen molar-refractivity contribution < 1.29 is 19.1 Å². The number of Topliss-reactive ketones (excluding diaryl/α,β-unsaturated/α-hetero) is 1. The Balaban J connectivity index is 1.78. The Hall–Kier alpha value is -2.34. The lowest BCUT2D eigenvalue weighted by Crippen LogP contribution is -2.41. The van der Waals surface area contributed by atoms with Gasteiger partial charge in [-0.3, -0.25) is 9.59 Å². The summed E-state index contributed by atoms with van der Waals surface area (Å²) in [6.45, 7) is 0. The summed E-state index contributed by atoms with van der Waals surface area (Å²) in [7, 11) is 0. The van der Waals surface area contributed by atoms with Crippen molar-refractivity contribution in [3.05, 3.63) is 57.9 Å². The van der Waals surface area contributed by atoms with Crippen LogP contribution in [0.1, 0.15) is 53.6 Å². The van der Waals surface area contributed by atoms with Gasteiger partial charge in [-0.25, -0.2) is 0 Å². The van der Waals surface area contributed by atoms with Gasteiger partial charge in [0, 0.05) is 10.9 Å². The normalized spacial score (nSPS) is 22.0. The van der Waals surface area contributed by atoms with E-state index in [-0.39, 0.29) is 17.4 Å². The lowest BCUT2D eigenvalue weighted by Gasteiger charge is -2.35. The van der Waals surface area contributed by atoms with Crippen LogP contribution in [0.25, 0.3) is 0 Å². The maximum absolute atomic E-state index is 12.9. The SMILES string of the molecule is O=C(C1=C(O)C(=O)N(C2CCCCC2)C1c1cccs1)c1ccco1. The summed E-state index contributed by atoms with van der Waals surface area (Å²) in [6, 6.07) is 6.51. The Morgan fingerprint density at radius 1 is 1.20 bits per heavy atom. The highest BCUT2D eigenvalue weighted by molar-refractivity contribution is 7.10. The van der Waals surface area contributed by atoms with Gasteiger partial charge in [-0.05, 0) is 36.4 Å². The highest BCUT2D eigenvalue weighted by atomic mass is 32.1. The van der Waals surface area contributed by atoms with Crippen molar-refractivity contribution in [3.63, 3.8) is 0 Å². The summed E-state index contributed by atoms with van der Waals surface area (Å²) in [5, 5.41) is 12.4. The molecule has 5 nitrogen and oxygen atoms in total. The van der Waals surface area contributed by atoms with Crippen molar-refractivity contribution in [2.75, 3.05) is 0 Å². The maximum atomic E-state index is 12.9. The Morgan fingerprint density at radius 2 is 2.00 bits per heavy atom. The van der Waals surface area contributed by atoms with Gasteiger partial charge in [-0.15, -0.1) is 11.3 Å². The van der Waals surface area contributed by atoms with Crippen LogP contribution in [-0.4, -0.2) is 27.7 Å². The Labute approximate surface area is 149 Å². The number of amides is 1. The zero-order chi connectivity index (χ0) is 17.4. The second-order valence-electron chi connectivity index (χ2n) is 6.49. The largest absolute Gasteiger partial charge is 0.503 e. The third-order valence-electron chi connectivity index (χ3n) is 5.01. The van der Waals surface area contributed by atoms with Crippen LogP contribution in [-0.2, 0) is 4.79 Å². The fraction of sp³-hybridized carbons (Fsp3) is 0.368. The average Bonchev–Trinajstić information content (AvgIpc) is 3.37. The number of hydrogen-bond acceptors (Lipinski definition) is 5. The minimum Gasteiger partial charge on any atom is -0.503 e. The molecule has 0 bridgehead atoms. The van der Waals surface area contributed by atoms with Crippen LogP contribution >= 0.6 is 11.3 Å². The van der Waals surface area contributed by atoms with E-state index in [0.717, 1.165) is 30.6 Å². The Bertz CT molecular complexity index is 801. The summed E-state index contributed by atoms with van der Waals surface area (Å²) in [5.74, 6) is -1.17. The van der Waals surface area contributed by atoms with Gasteiger partial charge in [0.2, 0.25) is 5.78 Å². The molecule has 25 heavy (non-hydrogen) atoms. The minimum absolute atomic E-state index is 0.0531. The third kappa shape index (κ3) is 2.70. The molecule has 1 amide bonds. The molecular formula is C19H19NO4S. The maximum Gasteiger partial charge on any atom is 0.290 e. The number of thiophene rings is 1. The summed E-state index contributed by atoms with van der Waals surface area (Å²) in [6.07, 6.45) is 6.52. The zero-order valence-corrected chi connectivity index (χ0v) is 14.5. The number of hydrogen-bond donors (Lipinski definition) is 1. The Kier molecular flexibility index (Phi) is 4.21. The predicted octanol–water partition coefficient (Wildman–Crippen LogP) is 4.25. The fourth-order valence-electron chi connectivity index (χ4n) is 3.86.